The van der Waals surface area contributed by atoms with Crippen LogP contribution in [0.15, 0.2) is 18.2 Å². The zero-order valence-corrected chi connectivity index (χ0v) is 13.4. The minimum atomic E-state index is -0.900. The molecule has 0 saturated carbocycles. The van der Waals surface area contributed by atoms with Crippen molar-refractivity contribution in [3.8, 4) is 0 Å². The van der Waals surface area contributed by atoms with Gasteiger partial charge in [-0.25, -0.2) is 4.79 Å². The Balaban J connectivity index is 2.51. The van der Waals surface area contributed by atoms with E-state index in [4.69, 9.17) is 4.74 Å². The Labute approximate surface area is 123 Å². The molecule has 0 saturated heterocycles. The second-order valence-electron chi connectivity index (χ2n) is 4.73. The van der Waals surface area contributed by atoms with Gasteiger partial charge in [-0.15, -0.1) is 0 Å². The van der Waals surface area contributed by atoms with Gasteiger partial charge in [0.05, 0.1) is 5.75 Å². The number of carbonyl (C=O) groups excluding carboxylic acids is 1. The fraction of sp³-hybridized carbons (Fsp3) is 0.533. The first-order chi connectivity index (χ1) is 9.45. The number of aryl methyl sites for hydroxylation is 2. The first kappa shape index (κ1) is 16.7. The van der Waals surface area contributed by atoms with Gasteiger partial charge in [0.1, 0.15) is 12.6 Å². The molecule has 0 radical (unpaired) electrons. The van der Waals surface area contributed by atoms with Gasteiger partial charge >= 0.3 is 5.97 Å². The molecule has 0 amide bonds. The second kappa shape index (κ2) is 8.04. The largest absolute Gasteiger partial charge is 0.463 e. The maximum atomic E-state index is 11.9. The van der Waals surface area contributed by atoms with Gasteiger partial charge in [0, 0.05) is 22.2 Å². The Morgan fingerprint density at radius 1 is 1.35 bits per heavy atom. The highest BCUT2D eigenvalue weighted by molar-refractivity contribution is 7.84. The molecule has 1 unspecified atom stereocenters. The standard InChI is InChI=1S/C15H23NO3S/c1-5-20(18)10-9-19-15(17)13(4)16-14-11(2)7-6-8-12(14)3/h6-8,13,16H,5,9-10H2,1-4H3/t13-,20?/m0/s1. The number of hydrogen-bond donors (Lipinski definition) is 1. The lowest BCUT2D eigenvalue weighted by Gasteiger charge is -2.18. The van der Waals surface area contributed by atoms with Crippen molar-refractivity contribution < 1.29 is 13.7 Å². The molecule has 0 heterocycles. The molecule has 2 atom stereocenters. The van der Waals surface area contributed by atoms with Gasteiger partial charge in [0.25, 0.3) is 0 Å². The van der Waals surface area contributed by atoms with E-state index in [1.165, 1.54) is 0 Å². The Hall–Kier alpha value is -1.36. The van der Waals surface area contributed by atoms with Gasteiger partial charge in [-0.1, -0.05) is 25.1 Å². The number of nitrogens with one attached hydrogen (secondary N) is 1. The number of anilines is 1. The first-order valence-electron chi connectivity index (χ1n) is 6.80. The van der Waals surface area contributed by atoms with E-state index >= 15 is 0 Å². The lowest BCUT2D eigenvalue weighted by atomic mass is 10.1. The smallest absolute Gasteiger partial charge is 0.328 e. The lowest BCUT2D eigenvalue weighted by molar-refractivity contribution is -0.143. The van der Waals surface area contributed by atoms with Crippen LogP contribution in [0.5, 0.6) is 0 Å². The lowest BCUT2D eigenvalue weighted by Crippen LogP contribution is -2.30. The minimum Gasteiger partial charge on any atom is -0.463 e. The molecule has 5 heteroatoms. The van der Waals surface area contributed by atoms with Crippen molar-refractivity contribution in [3.63, 3.8) is 0 Å². The first-order valence-corrected chi connectivity index (χ1v) is 8.28. The zero-order valence-electron chi connectivity index (χ0n) is 12.6. The average molecular weight is 297 g/mol. The summed E-state index contributed by atoms with van der Waals surface area (Å²) in [4.78, 5) is 11.9. The number of rotatable bonds is 7. The van der Waals surface area contributed by atoms with Crippen LogP contribution in [0.2, 0.25) is 0 Å². The molecule has 0 spiro atoms. The Kier molecular flexibility index (Phi) is 6.71. The van der Waals surface area contributed by atoms with Gasteiger partial charge in [-0.05, 0) is 31.9 Å². The van der Waals surface area contributed by atoms with Crippen LogP contribution in [0.4, 0.5) is 5.69 Å². The van der Waals surface area contributed by atoms with Gasteiger partial charge in [-0.2, -0.15) is 0 Å². The summed E-state index contributed by atoms with van der Waals surface area (Å²) in [6, 6.07) is 5.55. The molecule has 1 aromatic rings. The van der Waals surface area contributed by atoms with E-state index in [2.05, 4.69) is 5.32 Å². The quantitative estimate of drug-likeness (QED) is 0.785. The zero-order chi connectivity index (χ0) is 15.1. The number of benzene rings is 1. The Bertz CT molecular complexity index is 468. The summed E-state index contributed by atoms with van der Waals surface area (Å²) in [5.41, 5.74) is 3.16. The molecule has 1 rings (SSSR count). The van der Waals surface area contributed by atoms with E-state index in [1.807, 2.05) is 39.0 Å². The van der Waals surface area contributed by atoms with Crippen LogP contribution in [0.3, 0.4) is 0 Å². The fourth-order valence-electron chi connectivity index (χ4n) is 1.82. The number of hydrogen-bond acceptors (Lipinski definition) is 4. The Morgan fingerprint density at radius 2 is 1.95 bits per heavy atom. The molecule has 0 aliphatic heterocycles. The van der Waals surface area contributed by atoms with Gasteiger partial charge in [0.2, 0.25) is 0 Å². The van der Waals surface area contributed by atoms with Crippen molar-refractivity contribution in [1.29, 1.82) is 0 Å². The molecule has 0 fully saturated rings. The summed E-state index contributed by atoms with van der Waals surface area (Å²) in [6.45, 7) is 7.82. The molecule has 20 heavy (non-hydrogen) atoms. The molecule has 4 nitrogen and oxygen atoms in total. The Morgan fingerprint density at radius 3 is 2.50 bits per heavy atom. The van der Waals surface area contributed by atoms with Crippen LogP contribution >= 0.6 is 0 Å². The van der Waals surface area contributed by atoms with Crippen molar-refractivity contribution in [2.24, 2.45) is 0 Å². The molecule has 0 bridgehead atoms. The molecule has 0 aliphatic carbocycles. The van der Waals surface area contributed by atoms with E-state index in [1.54, 1.807) is 6.92 Å². The van der Waals surface area contributed by atoms with Gasteiger partial charge in [0.15, 0.2) is 0 Å². The highest BCUT2D eigenvalue weighted by Crippen LogP contribution is 2.20. The average Bonchev–Trinajstić information content (AvgIpc) is 2.42. The normalized spacial score (nSPS) is 13.6. The molecule has 1 N–H and O–H groups in total. The summed E-state index contributed by atoms with van der Waals surface area (Å²) in [7, 11) is -0.900. The third-order valence-electron chi connectivity index (χ3n) is 3.07. The third-order valence-corrected chi connectivity index (χ3v) is 4.34. The van der Waals surface area contributed by atoms with Crippen molar-refractivity contribution in [1.82, 2.24) is 0 Å². The fourth-order valence-corrected chi connectivity index (χ4v) is 2.38. The van der Waals surface area contributed by atoms with Crippen LogP contribution < -0.4 is 5.32 Å². The molecule has 0 aromatic heterocycles. The SMILES string of the molecule is CCS(=O)CCOC(=O)[C@H](C)Nc1c(C)cccc1C. The topological polar surface area (TPSA) is 55.4 Å². The number of para-hydroxylation sites is 1. The van der Waals surface area contributed by atoms with Crippen molar-refractivity contribution in [2.45, 2.75) is 33.7 Å². The van der Waals surface area contributed by atoms with Gasteiger partial charge in [-0.3, -0.25) is 4.21 Å². The number of ether oxygens (including phenoxy) is 1. The minimum absolute atomic E-state index is 0.206. The van der Waals surface area contributed by atoms with Crippen LogP contribution in [0.25, 0.3) is 0 Å². The summed E-state index contributed by atoms with van der Waals surface area (Å²) in [5.74, 6) is 0.673. The second-order valence-corrected chi connectivity index (χ2v) is 6.60. The number of carbonyl (C=O) groups is 1. The van der Waals surface area contributed by atoms with E-state index in [0.29, 0.717) is 11.5 Å². The van der Waals surface area contributed by atoms with Crippen molar-refractivity contribution in [3.05, 3.63) is 29.3 Å². The highest BCUT2D eigenvalue weighted by Gasteiger charge is 2.16. The van der Waals surface area contributed by atoms with Crippen molar-refractivity contribution in [2.75, 3.05) is 23.4 Å². The van der Waals surface area contributed by atoms with Gasteiger partial charge < -0.3 is 10.1 Å². The van der Waals surface area contributed by atoms with Crippen LogP contribution in [-0.4, -0.2) is 34.3 Å². The number of esters is 1. The molecular weight excluding hydrogens is 274 g/mol. The predicted molar refractivity (Wildman–Crippen MR) is 83.5 cm³/mol. The maximum Gasteiger partial charge on any atom is 0.328 e. The van der Waals surface area contributed by atoms with E-state index < -0.39 is 16.8 Å². The van der Waals surface area contributed by atoms with Crippen molar-refractivity contribution >= 4 is 22.5 Å². The summed E-state index contributed by atoms with van der Waals surface area (Å²) in [5, 5.41) is 3.18. The summed E-state index contributed by atoms with van der Waals surface area (Å²) in [6.07, 6.45) is 0. The monoisotopic (exact) mass is 297 g/mol. The van der Waals surface area contributed by atoms with E-state index in [9.17, 15) is 9.00 Å². The maximum absolute atomic E-state index is 11.9. The van der Waals surface area contributed by atoms with Crippen LogP contribution in [-0.2, 0) is 20.3 Å². The third kappa shape index (κ3) is 4.96. The summed E-state index contributed by atoms with van der Waals surface area (Å²) < 4.78 is 16.4. The molecule has 0 aliphatic rings. The predicted octanol–water partition coefficient (Wildman–Crippen LogP) is 2.42. The molecule has 1 aromatic carbocycles. The summed E-state index contributed by atoms with van der Waals surface area (Å²) >= 11 is 0. The van der Waals surface area contributed by atoms with E-state index in [-0.39, 0.29) is 12.6 Å². The molecular formula is C15H23NO3S. The van der Waals surface area contributed by atoms with E-state index in [0.717, 1.165) is 16.8 Å². The molecule has 112 valence electrons. The van der Waals surface area contributed by atoms with Crippen LogP contribution in [0, 0.1) is 13.8 Å². The van der Waals surface area contributed by atoms with Crippen LogP contribution in [0.1, 0.15) is 25.0 Å². The highest BCUT2D eigenvalue weighted by atomic mass is 32.2.